The van der Waals surface area contributed by atoms with Crippen LogP contribution in [0.1, 0.15) is 20.3 Å². The second-order valence-corrected chi connectivity index (χ2v) is 4.09. The van der Waals surface area contributed by atoms with E-state index in [1.165, 1.54) is 0 Å². The van der Waals surface area contributed by atoms with Gasteiger partial charge >= 0.3 is 0 Å². The summed E-state index contributed by atoms with van der Waals surface area (Å²) in [4.78, 5) is 2.18. The molecule has 2 atom stereocenters. The van der Waals surface area contributed by atoms with Crippen molar-refractivity contribution in [3.63, 3.8) is 0 Å². The van der Waals surface area contributed by atoms with Crippen LogP contribution in [-0.4, -0.2) is 43.9 Å². The van der Waals surface area contributed by atoms with Crippen LogP contribution in [0.25, 0.3) is 0 Å². The predicted molar refractivity (Wildman–Crippen MR) is 50.1 cm³/mol. The molecule has 3 nitrogen and oxygen atoms in total. The molecule has 1 N–H and O–H groups in total. The fourth-order valence-electron chi connectivity index (χ4n) is 1.47. The van der Waals surface area contributed by atoms with Gasteiger partial charge in [0.1, 0.15) is 5.72 Å². The molecule has 1 aliphatic rings. The first-order valence-corrected chi connectivity index (χ1v) is 4.59. The van der Waals surface area contributed by atoms with E-state index in [1.807, 2.05) is 0 Å². The van der Waals surface area contributed by atoms with Gasteiger partial charge in [0.2, 0.25) is 0 Å². The monoisotopic (exact) mass is 172 g/mol. The highest BCUT2D eigenvalue weighted by Crippen LogP contribution is 2.19. The van der Waals surface area contributed by atoms with Crippen molar-refractivity contribution in [1.29, 1.82) is 0 Å². The number of rotatable bonds is 3. The van der Waals surface area contributed by atoms with Crippen molar-refractivity contribution >= 4 is 0 Å². The summed E-state index contributed by atoms with van der Waals surface area (Å²) < 4.78 is 5.76. The minimum absolute atomic E-state index is 0.0936. The Bertz CT molecular complexity index is 149. The lowest BCUT2D eigenvalue weighted by molar-refractivity contribution is -0.0387. The summed E-state index contributed by atoms with van der Waals surface area (Å²) in [6, 6.07) is 0. The van der Waals surface area contributed by atoms with Gasteiger partial charge in [-0.15, -0.1) is 0 Å². The molecule has 0 amide bonds. The molecule has 0 aromatic rings. The number of ether oxygens (including phenoxy) is 1. The maximum Gasteiger partial charge on any atom is 0.118 e. The van der Waals surface area contributed by atoms with Crippen LogP contribution >= 0.6 is 0 Å². The Balaban J connectivity index is 2.30. The molecule has 1 aliphatic heterocycles. The first kappa shape index (κ1) is 9.96. The highest BCUT2D eigenvalue weighted by atomic mass is 16.5. The van der Waals surface area contributed by atoms with Crippen LogP contribution in [0.5, 0.6) is 0 Å². The highest BCUT2D eigenvalue weighted by Gasteiger charge is 2.32. The summed E-state index contributed by atoms with van der Waals surface area (Å²) in [5.74, 6) is 0. The van der Waals surface area contributed by atoms with Crippen LogP contribution in [0, 0.1) is 0 Å². The summed E-state index contributed by atoms with van der Waals surface area (Å²) in [6.07, 6.45) is 1.40. The average molecular weight is 172 g/mol. The minimum atomic E-state index is -0.0936. The van der Waals surface area contributed by atoms with Crippen molar-refractivity contribution in [3.8, 4) is 0 Å². The normalized spacial score (nSPS) is 36.2. The lowest BCUT2D eigenvalue weighted by Gasteiger charge is -2.25. The zero-order valence-electron chi connectivity index (χ0n) is 8.55. The number of nitrogens with one attached hydrogen (secondary N) is 1. The van der Waals surface area contributed by atoms with Crippen molar-refractivity contribution in [2.24, 2.45) is 0 Å². The predicted octanol–water partition coefficient (Wildman–Crippen LogP) is 0.663. The topological polar surface area (TPSA) is 24.5 Å². The molecule has 0 spiro atoms. The van der Waals surface area contributed by atoms with E-state index in [-0.39, 0.29) is 5.72 Å². The van der Waals surface area contributed by atoms with Crippen molar-refractivity contribution in [2.45, 2.75) is 32.1 Å². The Labute approximate surface area is 75.1 Å². The van der Waals surface area contributed by atoms with Crippen molar-refractivity contribution in [3.05, 3.63) is 0 Å². The molecule has 72 valence electrons. The lowest BCUT2D eigenvalue weighted by atomic mass is 10.2. The summed E-state index contributed by atoms with van der Waals surface area (Å²) in [5.41, 5.74) is -0.0936. The van der Waals surface area contributed by atoms with E-state index in [9.17, 15) is 0 Å². The van der Waals surface area contributed by atoms with E-state index >= 15 is 0 Å². The first-order chi connectivity index (χ1) is 5.52. The van der Waals surface area contributed by atoms with E-state index in [0.29, 0.717) is 6.10 Å². The smallest absolute Gasteiger partial charge is 0.118 e. The van der Waals surface area contributed by atoms with Gasteiger partial charge in [-0.2, -0.15) is 0 Å². The Morgan fingerprint density at radius 2 is 2.25 bits per heavy atom. The number of hydrogen-bond acceptors (Lipinski definition) is 3. The van der Waals surface area contributed by atoms with Crippen LogP contribution in [-0.2, 0) is 4.74 Å². The van der Waals surface area contributed by atoms with Gasteiger partial charge in [0.15, 0.2) is 0 Å². The van der Waals surface area contributed by atoms with Crippen LogP contribution in [0.3, 0.4) is 0 Å². The van der Waals surface area contributed by atoms with Crippen LogP contribution < -0.4 is 5.32 Å². The molecule has 1 rings (SSSR count). The molecule has 0 aromatic heterocycles. The second-order valence-electron chi connectivity index (χ2n) is 4.09. The Kier molecular flexibility index (Phi) is 3.09. The Hall–Kier alpha value is -0.120. The van der Waals surface area contributed by atoms with Gasteiger partial charge in [0.05, 0.1) is 6.10 Å². The zero-order chi connectivity index (χ0) is 9.19. The van der Waals surface area contributed by atoms with E-state index in [2.05, 4.69) is 38.2 Å². The zero-order valence-corrected chi connectivity index (χ0v) is 8.55. The van der Waals surface area contributed by atoms with Gasteiger partial charge in [0.25, 0.3) is 0 Å². The van der Waals surface area contributed by atoms with Crippen molar-refractivity contribution in [2.75, 3.05) is 27.2 Å². The lowest BCUT2D eigenvalue weighted by Crippen LogP contribution is -2.40. The SMILES string of the molecule is CC1CNC(C)(CCN(C)C)O1. The molecule has 2 unspecified atom stereocenters. The molecule has 12 heavy (non-hydrogen) atoms. The molecular weight excluding hydrogens is 152 g/mol. The van der Waals surface area contributed by atoms with Crippen LogP contribution in [0.15, 0.2) is 0 Å². The third kappa shape index (κ3) is 2.73. The first-order valence-electron chi connectivity index (χ1n) is 4.59. The van der Waals surface area contributed by atoms with Crippen molar-refractivity contribution < 1.29 is 4.74 Å². The number of nitrogens with zero attached hydrogens (tertiary/aromatic N) is 1. The summed E-state index contributed by atoms with van der Waals surface area (Å²) in [5, 5.41) is 3.39. The molecule has 0 aliphatic carbocycles. The van der Waals surface area contributed by atoms with Crippen LogP contribution in [0.4, 0.5) is 0 Å². The summed E-state index contributed by atoms with van der Waals surface area (Å²) in [6.45, 7) is 6.27. The van der Waals surface area contributed by atoms with E-state index < -0.39 is 0 Å². The van der Waals surface area contributed by atoms with E-state index in [0.717, 1.165) is 19.5 Å². The highest BCUT2D eigenvalue weighted by molar-refractivity contribution is 4.82. The van der Waals surface area contributed by atoms with E-state index in [4.69, 9.17) is 4.74 Å². The van der Waals surface area contributed by atoms with Gasteiger partial charge < -0.3 is 9.64 Å². The fourth-order valence-corrected chi connectivity index (χ4v) is 1.47. The Morgan fingerprint density at radius 1 is 1.58 bits per heavy atom. The molecule has 1 saturated heterocycles. The molecule has 3 heteroatoms. The maximum absolute atomic E-state index is 5.76. The minimum Gasteiger partial charge on any atom is -0.357 e. The molecular formula is C9H20N2O. The molecule has 0 saturated carbocycles. The summed E-state index contributed by atoms with van der Waals surface area (Å²) in [7, 11) is 4.17. The number of hydrogen-bond donors (Lipinski definition) is 1. The molecule has 1 heterocycles. The quantitative estimate of drug-likeness (QED) is 0.677. The summed E-state index contributed by atoms with van der Waals surface area (Å²) >= 11 is 0. The van der Waals surface area contributed by atoms with Gasteiger partial charge in [-0.1, -0.05) is 0 Å². The maximum atomic E-state index is 5.76. The van der Waals surface area contributed by atoms with Gasteiger partial charge in [-0.3, -0.25) is 5.32 Å². The van der Waals surface area contributed by atoms with Gasteiger partial charge in [-0.05, 0) is 27.9 Å². The van der Waals surface area contributed by atoms with E-state index in [1.54, 1.807) is 0 Å². The third-order valence-corrected chi connectivity index (χ3v) is 2.26. The fraction of sp³-hybridized carbons (Fsp3) is 1.00. The molecule has 0 aromatic carbocycles. The third-order valence-electron chi connectivity index (χ3n) is 2.26. The largest absolute Gasteiger partial charge is 0.357 e. The molecule has 1 fully saturated rings. The standard InChI is InChI=1S/C9H20N2O/c1-8-7-10-9(2,12-8)5-6-11(3)4/h8,10H,5-7H2,1-4H3. The average Bonchev–Trinajstić information content (AvgIpc) is 2.29. The van der Waals surface area contributed by atoms with Crippen molar-refractivity contribution in [1.82, 2.24) is 10.2 Å². The molecule has 0 bridgehead atoms. The van der Waals surface area contributed by atoms with Gasteiger partial charge in [-0.25, -0.2) is 0 Å². The Morgan fingerprint density at radius 3 is 2.67 bits per heavy atom. The second kappa shape index (κ2) is 3.73. The van der Waals surface area contributed by atoms with Crippen LogP contribution in [0.2, 0.25) is 0 Å². The van der Waals surface area contributed by atoms with Gasteiger partial charge in [0, 0.05) is 19.5 Å². The molecule has 0 radical (unpaired) electrons.